The molecule has 2 heterocycles. The van der Waals surface area contributed by atoms with Crippen LogP contribution in [0.4, 0.5) is 0 Å². The third kappa shape index (κ3) is 1.36. The van der Waals surface area contributed by atoms with Crippen molar-refractivity contribution in [3.8, 4) is 5.69 Å². The van der Waals surface area contributed by atoms with Crippen molar-refractivity contribution < 1.29 is 4.74 Å². The lowest BCUT2D eigenvalue weighted by atomic mass is 10.3. The summed E-state index contributed by atoms with van der Waals surface area (Å²) in [6.07, 6.45) is 0. The Balaban J connectivity index is 2.22. The molecule has 0 saturated heterocycles. The smallest absolute Gasteiger partial charge is 0.277 e. The van der Waals surface area contributed by atoms with Gasteiger partial charge in [0.1, 0.15) is 0 Å². The average molecular weight is 281 g/mol. The van der Waals surface area contributed by atoms with Crippen molar-refractivity contribution in [1.29, 1.82) is 0 Å². The Morgan fingerprint density at radius 2 is 2.12 bits per heavy atom. The number of fused-ring (bicyclic) bond motifs is 1. The number of para-hydroxylation sites is 1. The van der Waals surface area contributed by atoms with E-state index >= 15 is 0 Å². The van der Waals surface area contributed by atoms with E-state index in [-0.39, 0.29) is 5.56 Å². The minimum Gasteiger partial charge on any atom is -0.370 e. The van der Waals surface area contributed by atoms with E-state index in [4.69, 9.17) is 4.74 Å². The lowest BCUT2D eigenvalue weighted by Gasteiger charge is -2.04. The van der Waals surface area contributed by atoms with E-state index in [0.29, 0.717) is 13.2 Å². The Kier molecular flexibility index (Phi) is 2.22. The number of nitrogens with zero attached hydrogens (tertiary/aromatic N) is 1. The van der Waals surface area contributed by atoms with Gasteiger partial charge in [-0.15, -0.1) is 0 Å². The third-order valence-corrected chi connectivity index (χ3v) is 3.33. The van der Waals surface area contributed by atoms with E-state index in [1.165, 1.54) is 0 Å². The van der Waals surface area contributed by atoms with Crippen molar-refractivity contribution in [3.05, 3.63) is 50.3 Å². The van der Waals surface area contributed by atoms with E-state index in [1.807, 2.05) is 24.3 Å². The van der Waals surface area contributed by atoms with Gasteiger partial charge >= 0.3 is 0 Å². The van der Waals surface area contributed by atoms with E-state index in [2.05, 4.69) is 21.0 Å². The van der Waals surface area contributed by atoms with E-state index < -0.39 is 0 Å². The number of rotatable bonds is 1. The van der Waals surface area contributed by atoms with Gasteiger partial charge in [-0.1, -0.05) is 12.1 Å². The highest BCUT2D eigenvalue weighted by Crippen LogP contribution is 2.21. The van der Waals surface area contributed by atoms with Gasteiger partial charge in [0, 0.05) is 4.47 Å². The molecule has 1 aliphatic rings. The second-order valence-corrected chi connectivity index (χ2v) is 4.51. The number of aromatic amines is 1. The fourth-order valence-corrected chi connectivity index (χ4v) is 2.31. The number of halogens is 1. The first-order valence-corrected chi connectivity index (χ1v) is 5.72. The van der Waals surface area contributed by atoms with Gasteiger partial charge in [-0.2, -0.15) is 0 Å². The summed E-state index contributed by atoms with van der Waals surface area (Å²) < 4.78 is 7.64. The fraction of sp³-hybridized carbons (Fsp3) is 0.182. The van der Waals surface area contributed by atoms with Gasteiger partial charge in [0.05, 0.1) is 30.2 Å². The number of hydrogen-bond acceptors (Lipinski definition) is 2. The fourth-order valence-electron chi connectivity index (χ4n) is 1.84. The number of benzene rings is 1. The minimum absolute atomic E-state index is 0.0283. The van der Waals surface area contributed by atoms with Crippen molar-refractivity contribution in [2.45, 2.75) is 13.2 Å². The molecule has 0 unspecified atom stereocenters. The summed E-state index contributed by atoms with van der Waals surface area (Å²) >= 11 is 3.43. The number of ether oxygens (including phenoxy) is 1. The monoisotopic (exact) mass is 280 g/mol. The largest absolute Gasteiger partial charge is 0.370 e. The van der Waals surface area contributed by atoms with Crippen LogP contribution in [-0.4, -0.2) is 9.78 Å². The number of aromatic nitrogens is 2. The highest BCUT2D eigenvalue weighted by molar-refractivity contribution is 9.10. The van der Waals surface area contributed by atoms with Gasteiger partial charge in [0.15, 0.2) is 0 Å². The zero-order valence-electron chi connectivity index (χ0n) is 8.37. The summed E-state index contributed by atoms with van der Waals surface area (Å²) in [5.74, 6) is 0. The van der Waals surface area contributed by atoms with Gasteiger partial charge in [0.25, 0.3) is 5.56 Å². The molecule has 1 aromatic carbocycles. The molecule has 5 heteroatoms. The molecule has 0 fully saturated rings. The molecular formula is C11H9BrN2O2. The standard InChI is InChI=1S/C11H9BrN2O2/c12-8-3-1-2-4-10(8)14-11(15)7-5-16-6-9(7)13-14/h1-4,13H,5-6H2. The van der Waals surface area contributed by atoms with Crippen LogP contribution in [0.3, 0.4) is 0 Å². The molecule has 1 N–H and O–H groups in total. The van der Waals surface area contributed by atoms with Gasteiger partial charge in [-0.3, -0.25) is 9.89 Å². The van der Waals surface area contributed by atoms with Crippen LogP contribution in [0.5, 0.6) is 0 Å². The van der Waals surface area contributed by atoms with E-state index in [9.17, 15) is 4.79 Å². The third-order valence-electron chi connectivity index (χ3n) is 2.66. The maximum atomic E-state index is 12.0. The molecule has 16 heavy (non-hydrogen) atoms. The summed E-state index contributed by atoms with van der Waals surface area (Å²) in [6.45, 7) is 0.893. The van der Waals surface area contributed by atoms with E-state index in [0.717, 1.165) is 21.4 Å². The average Bonchev–Trinajstić information content (AvgIpc) is 2.83. The predicted octanol–water partition coefficient (Wildman–Crippen LogP) is 1.96. The first-order valence-electron chi connectivity index (χ1n) is 4.93. The lowest BCUT2D eigenvalue weighted by Crippen LogP contribution is -2.17. The Morgan fingerprint density at radius 1 is 1.31 bits per heavy atom. The van der Waals surface area contributed by atoms with Crippen molar-refractivity contribution in [3.63, 3.8) is 0 Å². The normalized spacial score (nSPS) is 14.1. The maximum Gasteiger partial charge on any atom is 0.277 e. The Labute approximate surface area is 100.0 Å². The van der Waals surface area contributed by atoms with Crippen LogP contribution in [-0.2, 0) is 18.0 Å². The van der Waals surface area contributed by atoms with Crippen LogP contribution in [0.15, 0.2) is 33.5 Å². The zero-order valence-corrected chi connectivity index (χ0v) is 9.95. The summed E-state index contributed by atoms with van der Waals surface area (Å²) in [5.41, 5.74) is 2.40. The van der Waals surface area contributed by atoms with Crippen molar-refractivity contribution >= 4 is 15.9 Å². The molecule has 3 rings (SSSR count). The lowest BCUT2D eigenvalue weighted by molar-refractivity contribution is 0.130. The Morgan fingerprint density at radius 3 is 2.88 bits per heavy atom. The second kappa shape index (κ2) is 3.61. The summed E-state index contributed by atoms with van der Waals surface area (Å²) in [4.78, 5) is 12.0. The zero-order chi connectivity index (χ0) is 11.1. The molecule has 0 saturated carbocycles. The maximum absolute atomic E-state index is 12.0. The summed E-state index contributed by atoms with van der Waals surface area (Å²) in [5, 5.41) is 3.07. The van der Waals surface area contributed by atoms with E-state index in [1.54, 1.807) is 4.68 Å². The molecule has 0 radical (unpaired) electrons. The molecule has 0 aliphatic carbocycles. The highest BCUT2D eigenvalue weighted by atomic mass is 79.9. The van der Waals surface area contributed by atoms with Crippen LogP contribution in [0.2, 0.25) is 0 Å². The van der Waals surface area contributed by atoms with Gasteiger partial charge < -0.3 is 4.74 Å². The van der Waals surface area contributed by atoms with Crippen molar-refractivity contribution in [2.75, 3.05) is 0 Å². The number of H-pyrrole nitrogens is 1. The van der Waals surface area contributed by atoms with Gasteiger partial charge in [-0.05, 0) is 28.1 Å². The Bertz CT molecular complexity index is 600. The summed E-state index contributed by atoms with van der Waals surface area (Å²) in [7, 11) is 0. The molecule has 0 atom stereocenters. The van der Waals surface area contributed by atoms with Crippen molar-refractivity contribution in [1.82, 2.24) is 9.78 Å². The first kappa shape index (κ1) is 9.86. The number of hydrogen-bond donors (Lipinski definition) is 1. The van der Waals surface area contributed by atoms with Crippen LogP contribution >= 0.6 is 15.9 Å². The molecule has 82 valence electrons. The van der Waals surface area contributed by atoms with Crippen molar-refractivity contribution in [2.24, 2.45) is 0 Å². The van der Waals surface area contributed by atoms with Gasteiger partial charge in [-0.25, -0.2) is 4.68 Å². The summed E-state index contributed by atoms with van der Waals surface area (Å²) in [6, 6.07) is 7.61. The topological polar surface area (TPSA) is 47.0 Å². The van der Waals surface area contributed by atoms with Crippen LogP contribution in [0.1, 0.15) is 11.3 Å². The first-order chi connectivity index (χ1) is 7.77. The minimum atomic E-state index is -0.0283. The molecule has 1 aromatic heterocycles. The molecular weight excluding hydrogens is 272 g/mol. The highest BCUT2D eigenvalue weighted by Gasteiger charge is 2.20. The molecule has 0 spiro atoms. The van der Waals surface area contributed by atoms with Crippen LogP contribution in [0.25, 0.3) is 5.69 Å². The van der Waals surface area contributed by atoms with Gasteiger partial charge in [0.2, 0.25) is 0 Å². The van der Waals surface area contributed by atoms with Crippen LogP contribution in [0, 0.1) is 0 Å². The van der Waals surface area contributed by atoms with Crippen LogP contribution < -0.4 is 5.56 Å². The molecule has 2 aromatic rings. The Hall–Kier alpha value is -1.33. The molecule has 0 bridgehead atoms. The number of nitrogens with one attached hydrogen (secondary N) is 1. The molecule has 0 amide bonds. The quantitative estimate of drug-likeness (QED) is 0.868. The predicted molar refractivity (Wildman–Crippen MR) is 62.6 cm³/mol. The SMILES string of the molecule is O=c1c2c([nH]n1-c1ccccc1Br)COC2. The molecule has 4 nitrogen and oxygen atoms in total. The second-order valence-electron chi connectivity index (χ2n) is 3.65. The molecule has 1 aliphatic heterocycles.